The molecule has 15 heteroatoms. The molecule has 4 heterocycles. The Kier molecular flexibility index (Phi) is 27.7. The van der Waals surface area contributed by atoms with Crippen LogP contribution in [-0.2, 0) is 144 Å². The molecule has 0 amide bonds. The van der Waals surface area contributed by atoms with Crippen molar-refractivity contribution in [3.8, 4) is 0 Å². The smallest absolute Gasteiger partial charge is 0.226 e. The molecule has 119 heavy (non-hydrogen) atoms. The fourth-order valence-electron chi connectivity index (χ4n) is 16.6. The number of halogens is 1. The van der Waals surface area contributed by atoms with E-state index in [-0.39, 0.29) is 13.2 Å². The van der Waals surface area contributed by atoms with Crippen LogP contribution in [0.2, 0.25) is 0 Å². The van der Waals surface area contributed by atoms with Gasteiger partial charge < -0.3 is 67.8 Å². The highest BCUT2D eigenvalue weighted by Crippen LogP contribution is 2.52. The van der Waals surface area contributed by atoms with Gasteiger partial charge in [-0.1, -0.05) is 285 Å². The van der Waals surface area contributed by atoms with E-state index >= 15 is 0 Å². The van der Waals surface area contributed by atoms with E-state index in [4.69, 9.17) is 47.4 Å². The zero-order valence-corrected chi connectivity index (χ0v) is 70.2. The number of aliphatic hydroxyl groups excluding tert-OH is 4. The van der Waals surface area contributed by atoms with Crippen molar-refractivity contribution in [2.45, 2.75) is 186 Å². The van der Waals surface area contributed by atoms with E-state index in [1.165, 1.54) is 60.7 Å². The van der Waals surface area contributed by atoms with Gasteiger partial charge in [-0.25, -0.2) is 0 Å². The summed E-state index contributed by atoms with van der Waals surface area (Å²) in [5.41, 5.74) is 20.3. The van der Waals surface area contributed by atoms with Crippen LogP contribution in [0.4, 0.5) is 0 Å². The Morgan fingerprint density at radius 3 is 1.24 bits per heavy atom. The first-order valence-electron chi connectivity index (χ1n) is 41.6. The third-order valence-electron chi connectivity index (χ3n) is 23.6. The van der Waals surface area contributed by atoms with Crippen LogP contribution in [0.1, 0.15) is 135 Å². The lowest BCUT2D eigenvalue weighted by atomic mass is 9.85. The van der Waals surface area contributed by atoms with Gasteiger partial charge in [-0.05, 0) is 210 Å². The molecule has 2 fully saturated rings. The molecule has 13 aromatic rings. The fraction of sp³-hybridized carbons (Fsp3) is 0.308. The number of hydrogen-bond donors (Lipinski definition) is 4. The van der Waals surface area contributed by atoms with Crippen LogP contribution in [0.15, 0.2) is 290 Å². The molecule has 0 aliphatic carbocycles. The van der Waals surface area contributed by atoms with E-state index in [9.17, 15) is 20.4 Å². The molecule has 0 radical (unpaired) electrons. The molecule has 14 nitrogen and oxygen atoms in total. The van der Waals surface area contributed by atoms with Crippen LogP contribution in [0.3, 0.4) is 0 Å². The maximum Gasteiger partial charge on any atom is 0.226 e. The van der Waals surface area contributed by atoms with Gasteiger partial charge in [0.1, 0.15) is 48.8 Å². The molecule has 0 bridgehead atoms. The second-order valence-corrected chi connectivity index (χ2v) is 32.7. The molecule has 4 aliphatic rings. The van der Waals surface area contributed by atoms with E-state index in [1.54, 1.807) is 7.11 Å². The molecule has 0 saturated carbocycles. The van der Waals surface area contributed by atoms with Gasteiger partial charge in [0.05, 0.1) is 59.5 Å². The number of ether oxygens (including phenoxy) is 10. The van der Waals surface area contributed by atoms with Crippen LogP contribution >= 0.6 is 15.9 Å². The summed E-state index contributed by atoms with van der Waals surface area (Å²) in [7, 11) is 1.66. The maximum absolute atomic E-state index is 10.8. The zero-order valence-electron chi connectivity index (χ0n) is 68.6. The lowest BCUT2D eigenvalue weighted by Crippen LogP contribution is -2.65. The van der Waals surface area contributed by atoms with E-state index in [2.05, 4.69) is 225 Å². The molecular formula is C104H107BrO14. The average Bonchev–Trinajstić information content (AvgIpc) is 1.59. The summed E-state index contributed by atoms with van der Waals surface area (Å²) in [4.78, 5) is 0. The Labute approximate surface area is 707 Å². The Hall–Kier alpha value is -9.44. The van der Waals surface area contributed by atoms with Gasteiger partial charge in [-0.3, -0.25) is 0 Å². The first-order valence-corrected chi connectivity index (χ1v) is 42.4. The molecule has 17 rings (SSSR count). The largest absolute Gasteiger partial charge is 0.394 e. The molecule has 13 aromatic carbocycles. The normalized spacial score (nSPS) is 21.2. The number of rotatable bonds is 27. The van der Waals surface area contributed by atoms with Gasteiger partial charge in [0.2, 0.25) is 11.6 Å². The van der Waals surface area contributed by atoms with Crippen LogP contribution in [0.25, 0.3) is 32.3 Å². The van der Waals surface area contributed by atoms with E-state index in [1.807, 2.05) is 111 Å². The third kappa shape index (κ3) is 19.6. The topological polar surface area (TPSA) is 173 Å². The van der Waals surface area contributed by atoms with Crippen LogP contribution in [0, 0.1) is 0 Å². The van der Waals surface area contributed by atoms with Gasteiger partial charge in [0.15, 0.2) is 5.79 Å². The molecule has 4 aliphatic heterocycles. The lowest BCUT2D eigenvalue weighted by molar-refractivity contribution is -0.387. The summed E-state index contributed by atoms with van der Waals surface area (Å²) >= 11 is 3.72. The monoisotopic (exact) mass is 1660 g/mol. The highest BCUT2D eigenvalue weighted by molar-refractivity contribution is 9.10. The standard InChI is InChI=1S/C54H52O6.C26H28O6.C24H27BrO2/c1-2-39-26-28-40(29-27-39)30-45-24-15-25-46-31-47-37-59-54(49(47)32-48(45)46)53(58-36-44-22-13-6-14-23-44)52(57-35-43-20-11-5-12-21-43)51(56-34-42-18-9-4-10-19-42)50(60-54)38-55-33-41-16-7-3-8-17-41;1-2-15-6-8-16(9-7-15)10-17-4-3-5-18-11-19-14-31-26(21(19)12-20(17)18)25(30)24(29)23(28)22(13-27)32-26;1-5-17-9-11-18(12-10-17)13-19-7-6-8-20-14-21(23(25)15-22(19)20)16-27-24(2,3)26-4/h3-29,31-32,50-53H,2,30,33-38H2,1H3;3-9,11-12,22-25,27-30H,2,10,13-14H2,1H3;6-12,14-15H,5,13,16H2,1-4H3/t50-,51-,52+,53-,54+;22-,23-,24+,25-,26+;/m11./s1. The fourth-order valence-corrected chi connectivity index (χ4v) is 17.0. The van der Waals surface area contributed by atoms with Crippen molar-refractivity contribution in [1.29, 1.82) is 0 Å². The molecule has 2 saturated heterocycles. The summed E-state index contributed by atoms with van der Waals surface area (Å²) in [5.74, 6) is -3.56. The summed E-state index contributed by atoms with van der Waals surface area (Å²) in [5, 5.41) is 48.0. The SMILES string of the molecule is CCc1ccc(Cc2cccc3cc(COC(C)(C)OC)c(Br)cc23)cc1.CCc1ccc(Cc2cccc3cc4c(cc23)[C@]2(OC4)O[C@H](CO)[C@@H](O)[C@H](O)[C@H]2O)cc1.CCc1ccc(Cc2cccc3cc4c(cc23)[C@]2(OC4)O[C@H](COCc3ccccc3)[C@@H](OCc3ccccc3)[C@H](OCc3ccccc3)[C@H]2OCc2ccccc2)cc1. The van der Waals surface area contributed by atoms with E-state index in [0.717, 1.165) is 109 Å². The van der Waals surface area contributed by atoms with E-state index < -0.39 is 72.8 Å². The first kappa shape index (κ1) is 84.6. The Morgan fingerprint density at radius 2 is 0.790 bits per heavy atom. The number of benzene rings is 13. The molecule has 0 unspecified atom stereocenters. The Balaban J connectivity index is 0.000000156. The number of aliphatic hydroxyl groups is 4. The van der Waals surface area contributed by atoms with Crippen LogP contribution in [-0.4, -0.2) is 95.4 Å². The second kappa shape index (κ2) is 39.0. The molecule has 614 valence electrons. The average molecular weight is 1660 g/mol. The number of aryl methyl sites for hydroxylation is 3. The highest BCUT2D eigenvalue weighted by Gasteiger charge is 2.62. The second-order valence-electron chi connectivity index (χ2n) is 31.9. The molecular weight excluding hydrogens is 1550 g/mol. The van der Waals surface area contributed by atoms with Crippen LogP contribution < -0.4 is 0 Å². The minimum Gasteiger partial charge on any atom is -0.394 e. The number of hydrogen-bond acceptors (Lipinski definition) is 14. The first-order chi connectivity index (χ1) is 58.0. The predicted molar refractivity (Wildman–Crippen MR) is 470 cm³/mol. The summed E-state index contributed by atoms with van der Waals surface area (Å²) in [6.07, 6.45) is -2.40. The quantitative estimate of drug-likeness (QED) is 0.0358. The van der Waals surface area contributed by atoms with Gasteiger partial charge in [0, 0.05) is 22.7 Å². The summed E-state index contributed by atoms with van der Waals surface area (Å²) in [6, 6.07) is 99.6. The number of fused-ring (bicyclic) bond motifs is 7. The van der Waals surface area contributed by atoms with Crippen molar-refractivity contribution in [1.82, 2.24) is 0 Å². The van der Waals surface area contributed by atoms with Gasteiger partial charge in [-0.15, -0.1) is 0 Å². The van der Waals surface area contributed by atoms with Crippen molar-refractivity contribution in [2.75, 3.05) is 20.3 Å². The molecule has 10 atom stereocenters. The van der Waals surface area contributed by atoms with Crippen molar-refractivity contribution in [2.24, 2.45) is 0 Å². The molecule has 0 aromatic heterocycles. The summed E-state index contributed by atoms with van der Waals surface area (Å²) < 4.78 is 66.4. The van der Waals surface area contributed by atoms with Crippen molar-refractivity contribution in [3.05, 3.63) is 390 Å². The maximum atomic E-state index is 10.8. The minimum atomic E-state index is -1.63. The zero-order chi connectivity index (χ0) is 82.5. The lowest BCUT2D eigenvalue weighted by Gasteiger charge is -2.51. The van der Waals surface area contributed by atoms with Gasteiger partial charge in [-0.2, -0.15) is 0 Å². The predicted octanol–water partition coefficient (Wildman–Crippen LogP) is 19.9. The molecule has 4 N–H and O–H groups in total. The third-order valence-corrected chi connectivity index (χ3v) is 24.3. The number of methoxy groups -OCH3 is 1. The highest BCUT2D eigenvalue weighted by atomic mass is 79.9. The van der Waals surface area contributed by atoms with Crippen molar-refractivity contribution >= 4 is 48.2 Å². The van der Waals surface area contributed by atoms with Crippen LogP contribution in [0.5, 0.6) is 0 Å². The van der Waals surface area contributed by atoms with Gasteiger partial charge >= 0.3 is 0 Å². The van der Waals surface area contributed by atoms with Crippen molar-refractivity contribution in [3.63, 3.8) is 0 Å². The van der Waals surface area contributed by atoms with E-state index in [0.29, 0.717) is 45.2 Å². The summed E-state index contributed by atoms with van der Waals surface area (Å²) in [6.45, 7) is 12.6. The van der Waals surface area contributed by atoms with Crippen molar-refractivity contribution < 1.29 is 67.8 Å². The Morgan fingerprint density at radius 1 is 0.395 bits per heavy atom. The molecule has 2 spiro atoms. The Bertz CT molecular complexity index is 5480. The minimum absolute atomic E-state index is 0.200. The van der Waals surface area contributed by atoms with Gasteiger partial charge in [0.25, 0.3) is 0 Å².